The van der Waals surface area contributed by atoms with Crippen molar-refractivity contribution in [3.05, 3.63) is 89.5 Å². The van der Waals surface area contributed by atoms with Gasteiger partial charge in [0.15, 0.2) is 17.0 Å². The van der Waals surface area contributed by atoms with Crippen LogP contribution < -0.4 is 15.0 Å². The van der Waals surface area contributed by atoms with E-state index in [-0.39, 0.29) is 11.5 Å². The molecule has 3 aromatic rings. The highest BCUT2D eigenvalue weighted by molar-refractivity contribution is 6.24. The minimum absolute atomic E-state index is 0.0619. The monoisotopic (exact) mass is 486 g/mol. The first-order valence-electron chi connectivity index (χ1n) is 11.6. The number of aryl methyl sites for hydroxylation is 1. The predicted octanol–water partition coefficient (Wildman–Crippen LogP) is 3.23. The van der Waals surface area contributed by atoms with E-state index in [0.717, 1.165) is 5.56 Å². The minimum atomic E-state index is -1.61. The van der Waals surface area contributed by atoms with Gasteiger partial charge in [0.25, 0.3) is 0 Å². The van der Waals surface area contributed by atoms with Gasteiger partial charge in [-0.05, 0) is 42.3 Å². The molecule has 8 heteroatoms. The number of methoxy groups -OCH3 is 2. The number of hydrogen-bond donors (Lipinski definition) is 2. The van der Waals surface area contributed by atoms with Crippen molar-refractivity contribution in [1.82, 2.24) is 5.32 Å². The van der Waals surface area contributed by atoms with Crippen molar-refractivity contribution in [1.29, 1.82) is 0 Å². The molecule has 36 heavy (non-hydrogen) atoms. The number of phenolic OH excluding ortho intramolecular Hbond substituents is 1. The number of phenols is 1. The molecule has 0 bridgehead atoms. The van der Waals surface area contributed by atoms with Crippen LogP contribution in [0.2, 0.25) is 0 Å². The van der Waals surface area contributed by atoms with E-state index in [1.165, 1.54) is 25.2 Å². The number of ether oxygens (including phenoxy) is 2. The van der Waals surface area contributed by atoms with Crippen LogP contribution in [0.4, 0.5) is 5.69 Å². The van der Waals surface area contributed by atoms with E-state index in [4.69, 9.17) is 9.47 Å². The van der Waals surface area contributed by atoms with E-state index in [1.54, 1.807) is 48.5 Å². The Labute approximate surface area is 208 Å². The summed E-state index contributed by atoms with van der Waals surface area (Å²) in [5.74, 6) is -3.38. The van der Waals surface area contributed by atoms with Crippen molar-refractivity contribution < 1.29 is 29.0 Å². The first kappa shape index (κ1) is 23.6. The first-order chi connectivity index (χ1) is 17.3. The van der Waals surface area contributed by atoms with Crippen LogP contribution in [0, 0.1) is 18.8 Å². The number of nitrogens with zero attached hydrogens (tertiary/aromatic N) is 1. The van der Waals surface area contributed by atoms with Crippen LogP contribution in [0.1, 0.15) is 22.7 Å². The van der Waals surface area contributed by atoms with Gasteiger partial charge in [0.1, 0.15) is 0 Å². The third-order valence-corrected chi connectivity index (χ3v) is 7.15. The Morgan fingerprint density at radius 3 is 2.31 bits per heavy atom. The largest absolute Gasteiger partial charge is 0.504 e. The molecule has 2 heterocycles. The number of carbonyl (C=O) groups excluding carboxylic acids is 3. The van der Waals surface area contributed by atoms with Gasteiger partial charge in [0.2, 0.25) is 11.8 Å². The summed E-state index contributed by atoms with van der Waals surface area (Å²) < 4.78 is 10.5. The van der Waals surface area contributed by atoms with Crippen LogP contribution in [0.5, 0.6) is 11.5 Å². The molecule has 2 amide bonds. The average molecular weight is 487 g/mol. The van der Waals surface area contributed by atoms with Gasteiger partial charge in [0.05, 0.1) is 31.7 Å². The molecule has 3 aromatic carbocycles. The molecule has 0 aliphatic carbocycles. The fourth-order valence-electron chi connectivity index (χ4n) is 5.46. The van der Waals surface area contributed by atoms with Crippen molar-refractivity contribution in [3.8, 4) is 11.5 Å². The fraction of sp³-hybridized carbons (Fsp3) is 0.250. The molecule has 2 fully saturated rings. The summed E-state index contributed by atoms with van der Waals surface area (Å²) in [5, 5.41) is 13.5. The molecule has 2 saturated heterocycles. The number of anilines is 1. The number of imide groups is 1. The van der Waals surface area contributed by atoms with Gasteiger partial charge < -0.3 is 14.6 Å². The van der Waals surface area contributed by atoms with Crippen molar-refractivity contribution in [2.75, 3.05) is 19.1 Å². The molecule has 2 N–H and O–H groups in total. The van der Waals surface area contributed by atoms with Crippen LogP contribution in [0.25, 0.3) is 0 Å². The highest BCUT2D eigenvalue weighted by atomic mass is 16.5. The zero-order chi connectivity index (χ0) is 25.6. The average Bonchev–Trinajstić information content (AvgIpc) is 3.39. The number of nitrogens with one attached hydrogen (secondary N) is 1. The lowest BCUT2D eigenvalue weighted by Crippen LogP contribution is -2.53. The molecule has 0 unspecified atom stereocenters. The molecule has 0 aromatic heterocycles. The number of rotatable bonds is 5. The number of esters is 1. The topological polar surface area (TPSA) is 105 Å². The van der Waals surface area contributed by atoms with E-state index in [1.807, 2.05) is 25.1 Å². The van der Waals surface area contributed by atoms with E-state index >= 15 is 0 Å². The van der Waals surface area contributed by atoms with E-state index < -0.39 is 41.2 Å². The highest BCUT2D eigenvalue weighted by Crippen LogP contribution is 2.54. The molecule has 0 spiro atoms. The molecule has 2 aliphatic rings. The van der Waals surface area contributed by atoms with E-state index in [0.29, 0.717) is 16.8 Å². The summed E-state index contributed by atoms with van der Waals surface area (Å²) in [6, 6.07) is 19.9. The molecular weight excluding hydrogens is 460 g/mol. The molecular formula is C28H26N2O6. The maximum Gasteiger partial charge on any atom is 0.331 e. The molecule has 4 atom stereocenters. The Bertz CT molecular complexity index is 1340. The van der Waals surface area contributed by atoms with Gasteiger partial charge in [0, 0.05) is 6.04 Å². The Kier molecular flexibility index (Phi) is 5.76. The van der Waals surface area contributed by atoms with Gasteiger partial charge >= 0.3 is 5.97 Å². The molecule has 0 saturated carbocycles. The highest BCUT2D eigenvalue weighted by Gasteiger charge is 2.69. The Morgan fingerprint density at radius 1 is 0.972 bits per heavy atom. The van der Waals surface area contributed by atoms with E-state index in [2.05, 4.69) is 5.32 Å². The molecule has 8 nitrogen and oxygen atoms in total. The summed E-state index contributed by atoms with van der Waals surface area (Å²) in [6.45, 7) is 1.92. The summed E-state index contributed by atoms with van der Waals surface area (Å²) in [6.07, 6.45) is 0. The second-order valence-electron chi connectivity index (χ2n) is 9.07. The normalized spacial score (nSPS) is 25.1. The van der Waals surface area contributed by atoms with Gasteiger partial charge in [-0.2, -0.15) is 0 Å². The number of hydrogen-bond acceptors (Lipinski definition) is 7. The van der Waals surface area contributed by atoms with Gasteiger partial charge in [-0.15, -0.1) is 0 Å². The van der Waals surface area contributed by atoms with Crippen LogP contribution in [0.15, 0.2) is 72.8 Å². The minimum Gasteiger partial charge on any atom is -0.504 e. The Balaban J connectivity index is 1.73. The maximum absolute atomic E-state index is 14.0. The zero-order valence-electron chi connectivity index (χ0n) is 20.1. The summed E-state index contributed by atoms with van der Waals surface area (Å²) in [5.41, 5.74) is 0.934. The molecule has 0 radical (unpaired) electrons. The van der Waals surface area contributed by atoms with Crippen LogP contribution in [-0.2, 0) is 24.7 Å². The SMILES string of the molecule is COC(=O)[C@]1(c2ccccc2)N[C@@H](c2ccc(O)c(OC)c2)[C@H]2C(=O)N(c3ccc(C)cc3)C(=O)[C@H]21. The number of carbonyl (C=O) groups is 3. The van der Waals surface area contributed by atoms with Crippen LogP contribution in [-0.4, -0.2) is 37.1 Å². The van der Waals surface area contributed by atoms with Gasteiger partial charge in [-0.3, -0.25) is 14.9 Å². The maximum atomic E-state index is 14.0. The predicted molar refractivity (Wildman–Crippen MR) is 131 cm³/mol. The lowest BCUT2D eigenvalue weighted by molar-refractivity contribution is -0.152. The number of amides is 2. The standard InChI is InChI=1S/C28H26N2O6/c1-16-9-12-19(13-10-16)30-25(32)22-23(26(30)33)28(27(34)36-3,18-7-5-4-6-8-18)29-24(22)17-11-14-20(31)21(15-17)35-2/h4-15,22-24,29,31H,1-3H3/t22-,23-,24-,28+/m0/s1. The zero-order valence-corrected chi connectivity index (χ0v) is 20.1. The second-order valence-corrected chi connectivity index (χ2v) is 9.07. The number of fused-ring (bicyclic) bond motifs is 1. The fourth-order valence-corrected chi connectivity index (χ4v) is 5.46. The van der Waals surface area contributed by atoms with Crippen molar-refractivity contribution in [2.45, 2.75) is 18.5 Å². The number of aromatic hydroxyl groups is 1. The summed E-state index contributed by atoms with van der Waals surface area (Å²) in [7, 11) is 2.69. The van der Waals surface area contributed by atoms with Crippen LogP contribution in [0.3, 0.4) is 0 Å². The Hall–Kier alpha value is -4.17. The second kappa shape index (κ2) is 8.80. The van der Waals surface area contributed by atoms with Gasteiger partial charge in [-0.25, -0.2) is 9.69 Å². The van der Waals surface area contributed by atoms with Crippen molar-refractivity contribution in [3.63, 3.8) is 0 Å². The Morgan fingerprint density at radius 2 is 1.67 bits per heavy atom. The smallest absolute Gasteiger partial charge is 0.331 e. The summed E-state index contributed by atoms with van der Waals surface area (Å²) in [4.78, 5) is 42.7. The third-order valence-electron chi connectivity index (χ3n) is 7.15. The van der Waals surface area contributed by atoms with Gasteiger partial charge in [-0.1, -0.05) is 54.1 Å². The summed E-state index contributed by atoms with van der Waals surface area (Å²) >= 11 is 0. The van der Waals surface area contributed by atoms with Crippen LogP contribution >= 0.6 is 0 Å². The third kappa shape index (κ3) is 3.37. The van der Waals surface area contributed by atoms with Crippen molar-refractivity contribution >= 4 is 23.5 Å². The van der Waals surface area contributed by atoms with E-state index in [9.17, 15) is 19.5 Å². The molecule has 184 valence electrons. The quantitative estimate of drug-likeness (QED) is 0.421. The lowest BCUT2D eigenvalue weighted by Gasteiger charge is -2.33. The van der Waals surface area contributed by atoms with Crippen molar-refractivity contribution in [2.24, 2.45) is 11.8 Å². The first-order valence-corrected chi connectivity index (χ1v) is 11.6. The molecule has 5 rings (SSSR count). The lowest BCUT2D eigenvalue weighted by atomic mass is 9.75. The molecule has 2 aliphatic heterocycles. The number of benzene rings is 3.